The van der Waals surface area contributed by atoms with Crippen molar-refractivity contribution in [2.45, 2.75) is 11.8 Å². The number of hydrogen-bond donors (Lipinski definition) is 0. The van der Waals surface area contributed by atoms with Gasteiger partial charge in [-0.2, -0.15) is 0 Å². The first kappa shape index (κ1) is 22.0. The van der Waals surface area contributed by atoms with E-state index in [1.807, 2.05) is 6.92 Å². The summed E-state index contributed by atoms with van der Waals surface area (Å²) >= 11 is 0. The van der Waals surface area contributed by atoms with Gasteiger partial charge in [-0.3, -0.25) is 19.3 Å². The van der Waals surface area contributed by atoms with Crippen molar-refractivity contribution in [3.63, 3.8) is 0 Å². The first-order valence-corrected chi connectivity index (χ1v) is 11.0. The van der Waals surface area contributed by atoms with Gasteiger partial charge >= 0.3 is 0 Å². The first-order chi connectivity index (χ1) is 14.3. The predicted molar refractivity (Wildman–Crippen MR) is 113 cm³/mol. The molecule has 0 aliphatic carbocycles. The molecule has 1 aliphatic heterocycles. The summed E-state index contributed by atoms with van der Waals surface area (Å²) < 4.78 is 38.5. The first-order valence-electron chi connectivity index (χ1n) is 9.55. The average Bonchev–Trinajstić information content (AvgIpc) is 2.74. The molecule has 10 heteroatoms. The molecule has 0 N–H and O–H groups in total. The van der Waals surface area contributed by atoms with Gasteiger partial charge in [0, 0.05) is 26.2 Å². The molecule has 162 valence electrons. The van der Waals surface area contributed by atoms with Gasteiger partial charge in [-0.15, -0.1) is 0 Å². The Morgan fingerprint density at radius 1 is 1.17 bits per heavy atom. The van der Waals surface area contributed by atoms with Crippen LogP contribution >= 0.6 is 0 Å². The highest BCUT2D eigenvalue weighted by atomic mass is 32.2. The molecule has 0 atom stereocenters. The normalized spacial score (nSPS) is 15.0. The van der Waals surface area contributed by atoms with Crippen molar-refractivity contribution < 1.29 is 22.8 Å². The van der Waals surface area contributed by atoms with Crippen LogP contribution < -0.4 is 9.04 Å². The number of benzene rings is 2. The van der Waals surface area contributed by atoms with Crippen LogP contribution in [-0.2, 0) is 14.8 Å². The molecule has 0 radical (unpaired) electrons. The molecule has 1 saturated heterocycles. The number of hydrogen-bond acceptors (Lipinski definition) is 7. The predicted octanol–water partition coefficient (Wildman–Crippen LogP) is 2.44. The molecule has 0 saturated carbocycles. The third-order valence-corrected chi connectivity index (χ3v) is 6.81. The summed E-state index contributed by atoms with van der Waals surface area (Å²) in [7, 11) is -2.62. The van der Waals surface area contributed by atoms with Crippen LogP contribution in [0.4, 0.5) is 11.4 Å². The zero-order valence-electron chi connectivity index (χ0n) is 17.0. The van der Waals surface area contributed by atoms with Crippen LogP contribution in [0.2, 0.25) is 0 Å². The Kier molecular flexibility index (Phi) is 6.91. The van der Waals surface area contributed by atoms with E-state index in [1.165, 1.54) is 37.4 Å². The molecule has 0 spiro atoms. The largest absolute Gasteiger partial charge is 0.496 e. The number of sulfonamides is 1. The third kappa shape index (κ3) is 4.89. The Balaban J connectivity index is 2.03. The van der Waals surface area contributed by atoms with Gasteiger partial charge in [0.15, 0.2) is 0 Å². The number of nitrogens with zero attached hydrogens (tertiary/aromatic N) is 3. The lowest BCUT2D eigenvalue weighted by atomic mass is 10.2. The summed E-state index contributed by atoms with van der Waals surface area (Å²) in [6, 6.07) is 10.6. The zero-order chi connectivity index (χ0) is 21.7. The number of nitro groups is 1. The highest BCUT2D eigenvalue weighted by molar-refractivity contribution is 7.92. The lowest BCUT2D eigenvalue weighted by molar-refractivity contribution is -0.384. The van der Waals surface area contributed by atoms with Crippen LogP contribution in [0.5, 0.6) is 5.75 Å². The monoisotopic (exact) mass is 435 g/mol. The molecule has 30 heavy (non-hydrogen) atoms. The minimum Gasteiger partial charge on any atom is -0.496 e. The number of rotatable bonds is 8. The third-order valence-electron chi connectivity index (χ3n) is 4.98. The summed E-state index contributed by atoms with van der Waals surface area (Å²) in [6.45, 7) is 4.88. The molecule has 0 bridgehead atoms. The van der Waals surface area contributed by atoms with Crippen molar-refractivity contribution in [1.82, 2.24) is 4.90 Å². The van der Waals surface area contributed by atoms with Gasteiger partial charge in [0.2, 0.25) is 0 Å². The molecule has 2 aromatic carbocycles. The van der Waals surface area contributed by atoms with Crippen molar-refractivity contribution in [3.8, 4) is 5.75 Å². The molecule has 0 aromatic heterocycles. The number of morpholine rings is 1. The van der Waals surface area contributed by atoms with E-state index in [0.29, 0.717) is 32.8 Å². The highest BCUT2D eigenvalue weighted by Crippen LogP contribution is 2.35. The van der Waals surface area contributed by atoms with E-state index < -0.39 is 14.9 Å². The standard InChI is InChI=1S/C20H25N3O6S/c1-16-3-6-18(7-4-16)30(26,27)22(10-9-21-11-13-29-14-12-21)19-8-5-17(28-2)15-20(19)23(24)25/h3-8,15H,9-14H2,1-2H3. The average molecular weight is 436 g/mol. The Labute approximate surface area is 176 Å². The zero-order valence-corrected chi connectivity index (χ0v) is 17.8. The van der Waals surface area contributed by atoms with Gasteiger partial charge in [0.05, 0.1) is 36.2 Å². The quantitative estimate of drug-likeness (QED) is 0.463. The summed E-state index contributed by atoms with van der Waals surface area (Å²) in [6.07, 6.45) is 0. The number of aryl methyl sites for hydroxylation is 1. The van der Waals surface area contributed by atoms with Crippen LogP contribution in [0.1, 0.15) is 5.56 Å². The number of ether oxygens (including phenoxy) is 2. The van der Waals surface area contributed by atoms with Crippen molar-refractivity contribution >= 4 is 21.4 Å². The fourth-order valence-electron chi connectivity index (χ4n) is 3.25. The van der Waals surface area contributed by atoms with Crippen LogP contribution in [0.25, 0.3) is 0 Å². The Morgan fingerprint density at radius 2 is 1.83 bits per heavy atom. The maximum atomic E-state index is 13.5. The highest BCUT2D eigenvalue weighted by Gasteiger charge is 2.31. The smallest absolute Gasteiger partial charge is 0.297 e. The van der Waals surface area contributed by atoms with Gasteiger partial charge in [0.25, 0.3) is 15.7 Å². The van der Waals surface area contributed by atoms with Crippen LogP contribution in [0.15, 0.2) is 47.4 Å². The van der Waals surface area contributed by atoms with Crippen molar-refractivity contribution in [2.24, 2.45) is 0 Å². The second kappa shape index (κ2) is 9.41. The summed E-state index contributed by atoms with van der Waals surface area (Å²) in [5.74, 6) is 0.284. The Bertz CT molecular complexity index is 988. The SMILES string of the molecule is COc1ccc(N(CCN2CCOCC2)S(=O)(=O)c2ccc(C)cc2)c([N+](=O)[O-])c1. The number of nitro benzene ring substituents is 1. The fraction of sp³-hybridized carbons (Fsp3) is 0.400. The second-order valence-electron chi connectivity index (χ2n) is 6.96. The van der Waals surface area contributed by atoms with E-state index in [4.69, 9.17) is 9.47 Å². The Morgan fingerprint density at radius 3 is 2.43 bits per heavy atom. The summed E-state index contributed by atoms with van der Waals surface area (Å²) in [5, 5.41) is 11.7. The minimum atomic E-state index is -4.02. The lowest BCUT2D eigenvalue weighted by Gasteiger charge is -2.30. The van der Waals surface area contributed by atoms with Crippen LogP contribution in [-0.4, -0.2) is 64.7 Å². The molecule has 1 aliphatic rings. The van der Waals surface area contributed by atoms with Crippen molar-refractivity contribution in [2.75, 3.05) is 50.8 Å². The maximum Gasteiger partial charge on any atom is 0.297 e. The fourth-order valence-corrected chi connectivity index (χ4v) is 4.72. The van der Waals surface area contributed by atoms with E-state index in [-0.39, 0.29) is 28.6 Å². The molecular weight excluding hydrogens is 410 g/mol. The van der Waals surface area contributed by atoms with Crippen LogP contribution in [0, 0.1) is 17.0 Å². The second-order valence-corrected chi connectivity index (χ2v) is 8.82. The maximum absolute atomic E-state index is 13.5. The van der Waals surface area contributed by atoms with Crippen molar-refractivity contribution in [3.05, 3.63) is 58.1 Å². The van der Waals surface area contributed by atoms with E-state index in [2.05, 4.69) is 4.90 Å². The van der Waals surface area contributed by atoms with Crippen LogP contribution in [0.3, 0.4) is 0 Å². The molecule has 1 heterocycles. The number of anilines is 1. The van der Waals surface area contributed by atoms with E-state index in [1.54, 1.807) is 12.1 Å². The summed E-state index contributed by atoms with van der Waals surface area (Å²) in [5.41, 5.74) is 0.603. The van der Waals surface area contributed by atoms with Crippen molar-refractivity contribution in [1.29, 1.82) is 0 Å². The topological polar surface area (TPSA) is 102 Å². The molecule has 3 rings (SSSR count). The summed E-state index contributed by atoms with van der Waals surface area (Å²) in [4.78, 5) is 13.3. The van der Waals surface area contributed by atoms with E-state index >= 15 is 0 Å². The van der Waals surface area contributed by atoms with Gasteiger partial charge in [-0.25, -0.2) is 8.42 Å². The van der Waals surface area contributed by atoms with Gasteiger partial charge in [0.1, 0.15) is 11.4 Å². The molecule has 2 aromatic rings. The lowest BCUT2D eigenvalue weighted by Crippen LogP contribution is -2.43. The molecule has 0 unspecified atom stereocenters. The molecule has 0 amide bonds. The minimum absolute atomic E-state index is 0.00892. The molecule has 9 nitrogen and oxygen atoms in total. The van der Waals surface area contributed by atoms with Gasteiger partial charge < -0.3 is 9.47 Å². The van der Waals surface area contributed by atoms with E-state index in [0.717, 1.165) is 9.87 Å². The molecular formula is C20H25N3O6S. The van der Waals surface area contributed by atoms with E-state index in [9.17, 15) is 18.5 Å². The number of methoxy groups -OCH3 is 1. The van der Waals surface area contributed by atoms with Gasteiger partial charge in [-0.1, -0.05) is 17.7 Å². The molecule has 1 fully saturated rings. The van der Waals surface area contributed by atoms with Gasteiger partial charge in [-0.05, 0) is 31.2 Å². The Hall–Kier alpha value is -2.69.